The van der Waals surface area contributed by atoms with Crippen LogP contribution in [-0.2, 0) is 9.53 Å². The van der Waals surface area contributed by atoms with Gasteiger partial charge in [-0.15, -0.1) is 0 Å². The van der Waals surface area contributed by atoms with E-state index in [0.717, 1.165) is 10.9 Å². The number of ether oxygens (including phenoxy) is 1. The molecule has 1 aliphatic heterocycles. The lowest BCUT2D eigenvalue weighted by molar-refractivity contribution is -0.115. The fraction of sp³-hybridized carbons (Fsp3) is 0.111. The van der Waals surface area contributed by atoms with E-state index >= 15 is 0 Å². The number of amides is 1. The van der Waals surface area contributed by atoms with Crippen molar-refractivity contribution >= 4 is 55.4 Å². The molecule has 0 aliphatic carbocycles. The molecule has 0 unspecified atom stereocenters. The fourth-order valence-electron chi connectivity index (χ4n) is 2.26. The van der Waals surface area contributed by atoms with Gasteiger partial charge in [-0.05, 0) is 52.3 Å². The first kappa shape index (κ1) is 17.7. The van der Waals surface area contributed by atoms with E-state index < -0.39 is 0 Å². The van der Waals surface area contributed by atoms with Crippen LogP contribution in [0.2, 0.25) is 0 Å². The van der Waals surface area contributed by atoms with Crippen LogP contribution in [0.25, 0.3) is 0 Å². The number of anilines is 1. The lowest BCUT2D eigenvalue weighted by Gasteiger charge is -2.07. The number of carbonyl (C=O) groups is 1. The number of carbonyl (C=O) groups excluding carboxylic acids is 1. The van der Waals surface area contributed by atoms with Crippen molar-refractivity contribution in [2.75, 3.05) is 11.9 Å². The standard InChI is InChI=1S/C18H14Br2N2O3/c19-12-7-11(17(23)15(20)8-12)10-21-13-3-1-4-14(9-13)22-18(24)16-5-2-6-25-16/h1,3-5,7-10,23H,2,6H2,(H,22,24)/b21-10+. The monoisotopic (exact) mass is 464 g/mol. The summed E-state index contributed by atoms with van der Waals surface area (Å²) in [6, 6.07) is 10.6. The zero-order chi connectivity index (χ0) is 17.8. The first-order chi connectivity index (χ1) is 12.0. The van der Waals surface area contributed by atoms with E-state index in [1.807, 2.05) is 6.07 Å². The first-order valence-electron chi connectivity index (χ1n) is 7.49. The molecule has 25 heavy (non-hydrogen) atoms. The van der Waals surface area contributed by atoms with Gasteiger partial charge >= 0.3 is 0 Å². The number of aromatic hydroxyl groups is 1. The van der Waals surface area contributed by atoms with E-state index in [1.165, 1.54) is 0 Å². The number of halogens is 2. The lowest BCUT2D eigenvalue weighted by Crippen LogP contribution is -2.14. The van der Waals surface area contributed by atoms with Crippen molar-refractivity contribution in [3.05, 3.63) is 62.7 Å². The molecule has 2 aromatic rings. The largest absolute Gasteiger partial charge is 0.506 e. The predicted octanol–water partition coefficient (Wildman–Crippen LogP) is 4.91. The van der Waals surface area contributed by atoms with Gasteiger partial charge in [0, 0.05) is 28.4 Å². The van der Waals surface area contributed by atoms with Gasteiger partial charge in [-0.2, -0.15) is 0 Å². The van der Waals surface area contributed by atoms with E-state index in [9.17, 15) is 9.90 Å². The molecular formula is C18H14Br2N2O3. The van der Waals surface area contributed by atoms with Crippen LogP contribution in [0.4, 0.5) is 11.4 Å². The highest BCUT2D eigenvalue weighted by Crippen LogP contribution is 2.31. The highest BCUT2D eigenvalue weighted by molar-refractivity contribution is 9.11. The number of aliphatic imine (C=N–C) groups is 1. The Morgan fingerprint density at radius 3 is 2.88 bits per heavy atom. The molecule has 0 saturated heterocycles. The number of nitrogens with one attached hydrogen (secondary N) is 1. The highest BCUT2D eigenvalue weighted by atomic mass is 79.9. The summed E-state index contributed by atoms with van der Waals surface area (Å²) in [7, 11) is 0. The Labute approximate surface area is 161 Å². The quantitative estimate of drug-likeness (QED) is 0.630. The molecule has 0 bridgehead atoms. The second-order valence-electron chi connectivity index (χ2n) is 5.29. The van der Waals surface area contributed by atoms with E-state index in [4.69, 9.17) is 4.74 Å². The van der Waals surface area contributed by atoms with Gasteiger partial charge in [0.05, 0.1) is 16.8 Å². The molecule has 3 rings (SSSR count). The van der Waals surface area contributed by atoms with Gasteiger partial charge in [0.25, 0.3) is 5.91 Å². The van der Waals surface area contributed by atoms with Gasteiger partial charge in [-0.25, -0.2) is 0 Å². The summed E-state index contributed by atoms with van der Waals surface area (Å²) in [5.41, 5.74) is 1.84. The Bertz CT molecular complexity index is 879. The SMILES string of the molecule is O=C(Nc1cccc(/N=C/c2cc(Br)cc(Br)c2O)c1)C1=CCCO1. The maximum Gasteiger partial charge on any atom is 0.290 e. The lowest BCUT2D eigenvalue weighted by atomic mass is 10.2. The van der Waals surface area contributed by atoms with E-state index in [1.54, 1.807) is 42.6 Å². The summed E-state index contributed by atoms with van der Waals surface area (Å²) in [6.07, 6.45) is 4.08. The third-order valence-corrected chi connectivity index (χ3v) is 4.51. The molecule has 0 atom stereocenters. The van der Waals surface area contributed by atoms with Crippen molar-refractivity contribution < 1.29 is 14.6 Å². The number of rotatable bonds is 4. The Morgan fingerprint density at radius 2 is 2.12 bits per heavy atom. The van der Waals surface area contributed by atoms with Crippen molar-refractivity contribution in [1.82, 2.24) is 0 Å². The summed E-state index contributed by atoms with van der Waals surface area (Å²) in [6.45, 7) is 0.540. The van der Waals surface area contributed by atoms with Crippen LogP contribution in [0.1, 0.15) is 12.0 Å². The average molecular weight is 466 g/mol. The van der Waals surface area contributed by atoms with Crippen molar-refractivity contribution in [1.29, 1.82) is 0 Å². The van der Waals surface area contributed by atoms with Crippen molar-refractivity contribution in [2.45, 2.75) is 6.42 Å². The Hall–Kier alpha value is -2.12. The minimum atomic E-state index is -0.271. The van der Waals surface area contributed by atoms with Gasteiger partial charge in [0.15, 0.2) is 5.76 Å². The summed E-state index contributed by atoms with van der Waals surface area (Å²) in [4.78, 5) is 16.4. The molecule has 0 radical (unpaired) electrons. The van der Waals surface area contributed by atoms with Crippen LogP contribution in [-0.4, -0.2) is 23.8 Å². The summed E-state index contributed by atoms with van der Waals surface area (Å²) < 4.78 is 6.64. The zero-order valence-electron chi connectivity index (χ0n) is 13.0. The molecule has 0 aromatic heterocycles. The predicted molar refractivity (Wildman–Crippen MR) is 104 cm³/mol. The molecule has 5 nitrogen and oxygen atoms in total. The number of phenols is 1. The van der Waals surface area contributed by atoms with Crippen LogP contribution in [0.5, 0.6) is 5.75 Å². The molecule has 7 heteroatoms. The molecule has 2 N–H and O–H groups in total. The maximum absolute atomic E-state index is 12.0. The number of hydrogen-bond donors (Lipinski definition) is 2. The molecular weight excluding hydrogens is 452 g/mol. The Kier molecular flexibility index (Phi) is 5.55. The molecule has 1 heterocycles. The topological polar surface area (TPSA) is 70.9 Å². The smallest absolute Gasteiger partial charge is 0.290 e. The molecule has 0 spiro atoms. The van der Waals surface area contributed by atoms with Gasteiger partial charge < -0.3 is 15.2 Å². The highest BCUT2D eigenvalue weighted by Gasteiger charge is 2.14. The second-order valence-corrected chi connectivity index (χ2v) is 7.06. The van der Waals surface area contributed by atoms with Crippen LogP contribution < -0.4 is 5.32 Å². The maximum atomic E-state index is 12.0. The van der Waals surface area contributed by atoms with Gasteiger partial charge in [-0.1, -0.05) is 22.0 Å². The Balaban J connectivity index is 1.77. The summed E-state index contributed by atoms with van der Waals surface area (Å²) in [5.74, 6) is 0.187. The van der Waals surface area contributed by atoms with E-state index in [2.05, 4.69) is 42.2 Å². The Morgan fingerprint density at radius 1 is 1.28 bits per heavy atom. The van der Waals surface area contributed by atoms with Crippen LogP contribution in [0, 0.1) is 0 Å². The molecule has 1 aliphatic rings. The summed E-state index contributed by atoms with van der Waals surface area (Å²) >= 11 is 6.66. The zero-order valence-corrected chi connectivity index (χ0v) is 16.2. The average Bonchev–Trinajstić information content (AvgIpc) is 3.12. The van der Waals surface area contributed by atoms with E-state index in [0.29, 0.717) is 33.8 Å². The number of benzene rings is 2. The molecule has 2 aromatic carbocycles. The molecule has 128 valence electrons. The van der Waals surface area contributed by atoms with E-state index in [-0.39, 0.29) is 11.7 Å². The first-order valence-corrected chi connectivity index (χ1v) is 9.08. The fourth-order valence-corrected chi connectivity index (χ4v) is 3.52. The molecule has 1 amide bonds. The molecule has 0 fully saturated rings. The number of hydrogen-bond acceptors (Lipinski definition) is 4. The summed E-state index contributed by atoms with van der Waals surface area (Å²) in [5, 5.41) is 12.8. The van der Waals surface area contributed by atoms with Crippen LogP contribution >= 0.6 is 31.9 Å². The van der Waals surface area contributed by atoms with Crippen molar-refractivity contribution in [3.63, 3.8) is 0 Å². The minimum absolute atomic E-state index is 0.113. The van der Waals surface area contributed by atoms with Gasteiger partial charge in [0.1, 0.15) is 5.75 Å². The van der Waals surface area contributed by atoms with Crippen LogP contribution in [0.3, 0.4) is 0 Å². The normalized spacial score (nSPS) is 13.6. The number of phenolic OH excluding ortho intramolecular Hbond substituents is 1. The number of nitrogens with zero attached hydrogens (tertiary/aromatic N) is 1. The van der Waals surface area contributed by atoms with Gasteiger partial charge in [-0.3, -0.25) is 9.79 Å². The minimum Gasteiger partial charge on any atom is -0.506 e. The second kappa shape index (κ2) is 7.84. The third kappa shape index (κ3) is 4.49. The van der Waals surface area contributed by atoms with Crippen LogP contribution in [0.15, 0.2) is 62.2 Å². The van der Waals surface area contributed by atoms with Crippen molar-refractivity contribution in [2.24, 2.45) is 4.99 Å². The third-order valence-electron chi connectivity index (χ3n) is 3.44. The molecule has 0 saturated carbocycles. The van der Waals surface area contributed by atoms with Gasteiger partial charge in [0.2, 0.25) is 0 Å². The van der Waals surface area contributed by atoms with Crippen molar-refractivity contribution in [3.8, 4) is 5.75 Å².